The van der Waals surface area contributed by atoms with Gasteiger partial charge in [0.15, 0.2) is 5.79 Å². The van der Waals surface area contributed by atoms with E-state index in [1.807, 2.05) is 0 Å². The molecule has 1 aromatic rings. The lowest BCUT2D eigenvalue weighted by Crippen LogP contribution is -2.42. The van der Waals surface area contributed by atoms with E-state index in [1.165, 1.54) is 16.7 Å². The summed E-state index contributed by atoms with van der Waals surface area (Å²) in [4.78, 5) is 0. The van der Waals surface area contributed by atoms with E-state index >= 15 is 0 Å². The Morgan fingerprint density at radius 1 is 1.10 bits per heavy atom. The van der Waals surface area contributed by atoms with E-state index in [0.717, 1.165) is 36.6 Å². The molecule has 0 heterocycles. The van der Waals surface area contributed by atoms with Gasteiger partial charge in [0.05, 0.1) is 0 Å². The minimum Gasteiger partial charge on any atom is -0.353 e. The molecule has 1 aromatic carbocycles. The Bertz CT molecular complexity index is 536. The van der Waals surface area contributed by atoms with Crippen LogP contribution in [0.2, 0.25) is 0 Å². The van der Waals surface area contributed by atoms with Gasteiger partial charge in [0, 0.05) is 31.5 Å². The zero-order valence-corrected chi connectivity index (χ0v) is 13.8. The Hall–Kier alpha value is -0.640. The van der Waals surface area contributed by atoms with Crippen LogP contribution < -0.4 is 0 Å². The summed E-state index contributed by atoms with van der Waals surface area (Å²) in [6, 6.07) is 6.57. The molecule has 20 heavy (non-hydrogen) atoms. The predicted molar refractivity (Wildman–Crippen MR) is 84.5 cm³/mol. The third-order valence-electron chi connectivity index (χ3n) is 5.28. The smallest absolute Gasteiger partial charge is 0.167 e. The first-order chi connectivity index (χ1) is 9.54. The molecule has 2 aliphatic rings. The van der Waals surface area contributed by atoms with Crippen molar-refractivity contribution < 1.29 is 9.47 Å². The molecule has 0 atom stereocenters. The van der Waals surface area contributed by atoms with Crippen LogP contribution in [0.1, 0.15) is 36.8 Å². The van der Waals surface area contributed by atoms with Crippen molar-refractivity contribution in [2.24, 2.45) is 5.41 Å². The summed E-state index contributed by atoms with van der Waals surface area (Å²) in [7, 11) is 3.49. The van der Waals surface area contributed by atoms with Crippen molar-refractivity contribution in [1.29, 1.82) is 0 Å². The highest BCUT2D eigenvalue weighted by Crippen LogP contribution is 2.56. The SMILES string of the molecule is C=C1c2cc(Br)ccc2CC12CCC(OC)(OC)CC2. The number of halogens is 1. The van der Waals surface area contributed by atoms with Crippen molar-refractivity contribution in [1.82, 2.24) is 0 Å². The van der Waals surface area contributed by atoms with Gasteiger partial charge in [0.2, 0.25) is 0 Å². The van der Waals surface area contributed by atoms with E-state index in [4.69, 9.17) is 9.47 Å². The fourth-order valence-electron chi connectivity index (χ4n) is 3.82. The molecule has 0 saturated heterocycles. The van der Waals surface area contributed by atoms with Gasteiger partial charge in [-0.25, -0.2) is 0 Å². The molecule has 0 N–H and O–H groups in total. The van der Waals surface area contributed by atoms with Crippen molar-refractivity contribution in [2.45, 2.75) is 37.9 Å². The lowest BCUT2D eigenvalue weighted by atomic mass is 9.68. The van der Waals surface area contributed by atoms with Gasteiger partial charge in [-0.15, -0.1) is 0 Å². The zero-order valence-electron chi connectivity index (χ0n) is 12.2. The molecule has 0 aromatic heterocycles. The number of methoxy groups -OCH3 is 2. The van der Waals surface area contributed by atoms with Gasteiger partial charge in [-0.3, -0.25) is 0 Å². The number of fused-ring (bicyclic) bond motifs is 1. The number of ether oxygens (including phenoxy) is 2. The minimum absolute atomic E-state index is 0.212. The summed E-state index contributed by atoms with van der Waals surface area (Å²) in [6.45, 7) is 4.41. The number of allylic oxidation sites excluding steroid dienone is 1. The second kappa shape index (κ2) is 4.97. The molecule has 1 spiro atoms. The molecule has 0 amide bonds. The first-order valence-corrected chi connectivity index (χ1v) is 7.92. The first kappa shape index (κ1) is 14.3. The molecule has 0 radical (unpaired) electrons. The Kier molecular flexibility index (Phi) is 3.56. The maximum atomic E-state index is 5.60. The summed E-state index contributed by atoms with van der Waals surface area (Å²) < 4.78 is 12.3. The lowest BCUT2D eigenvalue weighted by molar-refractivity contribution is -0.230. The second-order valence-electron chi connectivity index (χ2n) is 6.06. The molecule has 1 saturated carbocycles. The van der Waals surface area contributed by atoms with E-state index in [9.17, 15) is 0 Å². The van der Waals surface area contributed by atoms with Crippen LogP contribution in [-0.4, -0.2) is 20.0 Å². The topological polar surface area (TPSA) is 18.5 Å². The third-order valence-corrected chi connectivity index (χ3v) is 5.77. The molecule has 3 rings (SSSR count). The van der Waals surface area contributed by atoms with Crippen LogP contribution in [0.25, 0.3) is 5.57 Å². The van der Waals surface area contributed by atoms with E-state index in [2.05, 4.69) is 40.7 Å². The minimum atomic E-state index is -0.388. The van der Waals surface area contributed by atoms with Gasteiger partial charge >= 0.3 is 0 Å². The van der Waals surface area contributed by atoms with E-state index in [0.29, 0.717) is 0 Å². The summed E-state index contributed by atoms with van der Waals surface area (Å²) in [5.41, 5.74) is 4.28. The Morgan fingerprint density at radius 2 is 1.75 bits per heavy atom. The third kappa shape index (κ3) is 2.07. The lowest BCUT2D eigenvalue weighted by Gasteiger charge is -2.43. The number of rotatable bonds is 2. The van der Waals surface area contributed by atoms with Crippen LogP contribution in [0.15, 0.2) is 29.3 Å². The van der Waals surface area contributed by atoms with Crippen molar-refractivity contribution in [3.8, 4) is 0 Å². The Morgan fingerprint density at radius 3 is 2.35 bits per heavy atom. The Labute approximate surface area is 129 Å². The maximum absolute atomic E-state index is 5.60. The van der Waals surface area contributed by atoms with Gasteiger partial charge in [-0.05, 0) is 53.5 Å². The molecule has 2 aliphatic carbocycles. The van der Waals surface area contributed by atoms with Crippen molar-refractivity contribution >= 4 is 21.5 Å². The zero-order chi connectivity index (χ0) is 14.4. The molecule has 3 heteroatoms. The standard InChI is InChI=1S/C17H21BrO2/c1-12-15-10-14(18)5-4-13(15)11-16(12)6-8-17(19-2,20-3)9-7-16/h4-5,10H,1,6-9,11H2,2-3H3. The molecule has 0 unspecified atom stereocenters. The molecular formula is C17H21BrO2. The fourth-order valence-corrected chi connectivity index (χ4v) is 4.18. The van der Waals surface area contributed by atoms with Gasteiger partial charge in [-0.1, -0.05) is 28.6 Å². The molecule has 0 aliphatic heterocycles. The molecule has 1 fully saturated rings. The summed E-state index contributed by atoms with van der Waals surface area (Å²) in [5.74, 6) is -0.388. The number of hydrogen-bond acceptors (Lipinski definition) is 2. The monoisotopic (exact) mass is 336 g/mol. The van der Waals surface area contributed by atoms with Crippen molar-refractivity contribution in [2.75, 3.05) is 14.2 Å². The molecule has 2 nitrogen and oxygen atoms in total. The summed E-state index contributed by atoms with van der Waals surface area (Å²) in [5, 5.41) is 0. The highest BCUT2D eigenvalue weighted by atomic mass is 79.9. The number of hydrogen-bond donors (Lipinski definition) is 0. The summed E-state index contributed by atoms with van der Waals surface area (Å²) in [6.07, 6.45) is 5.15. The van der Waals surface area contributed by atoms with E-state index in [-0.39, 0.29) is 11.2 Å². The van der Waals surface area contributed by atoms with Gasteiger partial charge in [-0.2, -0.15) is 0 Å². The van der Waals surface area contributed by atoms with Gasteiger partial charge in [0.25, 0.3) is 0 Å². The molecule has 108 valence electrons. The first-order valence-electron chi connectivity index (χ1n) is 7.13. The normalized spacial score (nSPS) is 23.1. The molecular weight excluding hydrogens is 316 g/mol. The van der Waals surface area contributed by atoms with Crippen LogP contribution in [0.5, 0.6) is 0 Å². The van der Waals surface area contributed by atoms with Crippen molar-refractivity contribution in [3.05, 3.63) is 40.4 Å². The molecule has 0 bridgehead atoms. The van der Waals surface area contributed by atoms with Gasteiger partial charge < -0.3 is 9.47 Å². The predicted octanol–water partition coefficient (Wildman–Crippen LogP) is 4.57. The highest BCUT2D eigenvalue weighted by molar-refractivity contribution is 9.10. The largest absolute Gasteiger partial charge is 0.353 e. The van der Waals surface area contributed by atoms with Crippen LogP contribution >= 0.6 is 15.9 Å². The van der Waals surface area contributed by atoms with Crippen LogP contribution in [0.3, 0.4) is 0 Å². The average molecular weight is 337 g/mol. The van der Waals surface area contributed by atoms with Gasteiger partial charge in [0.1, 0.15) is 0 Å². The van der Waals surface area contributed by atoms with E-state index < -0.39 is 0 Å². The number of benzene rings is 1. The quantitative estimate of drug-likeness (QED) is 0.736. The Balaban J connectivity index is 1.86. The highest BCUT2D eigenvalue weighted by Gasteiger charge is 2.48. The summed E-state index contributed by atoms with van der Waals surface area (Å²) >= 11 is 3.56. The van der Waals surface area contributed by atoms with Crippen LogP contribution in [0, 0.1) is 5.41 Å². The fraction of sp³-hybridized carbons (Fsp3) is 0.529. The second-order valence-corrected chi connectivity index (χ2v) is 6.97. The maximum Gasteiger partial charge on any atom is 0.167 e. The van der Waals surface area contributed by atoms with Crippen LogP contribution in [-0.2, 0) is 15.9 Å². The van der Waals surface area contributed by atoms with Crippen LogP contribution in [0.4, 0.5) is 0 Å². The van der Waals surface area contributed by atoms with E-state index in [1.54, 1.807) is 14.2 Å². The average Bonchev–Trinajstić information content (AvgIpc) is 2.74. The van der Waals surface area contributed by atoms with Crippen molar-refractivity contribution in [3.63, 3.8) is 0 Å².